The van der Waals surface area contributed by atoms with E-state index in [1.807, 2.05) is 0 Å². The molecule has 0 radical (unpaired) electrons. The van der Waals surface area contributed by atoms with Crippen LogP contribution in [-0.4, -0.2) is 62.3 Å². The number of hydrogen-bond acceptors (Lipinski definition) is 5. The predicted octanol–water partition coefficient (Wildman–Crippen LogP) is 0.803. The summed E-state index contributed by atoms with van der Waals surface area (Å²) in [4.78, 5) is 24.6. The molecule has 122 valence electrons. The number of carbonyl (C=O) groups excluding carboxylic acids is 2. The molecule has 1 N–H and O–H groups in total. The van der Waals surface area contributed by atoms with Gasteiger partial charge in [-0.3, -0.25) is 14.5 Å². The van der Waals surface area contributed by atoms with Crippen LogP contribution in [0.4, 0.5) is 0 Å². The summed E-state index contributed by atoms with van der Waals surface area (Å²) >= 11 is 0. The van der Waals surface area contributed by atoms with Gasteiger partial charge in [0.1, 0.15) is 12.7 Å². The van der Waals surface area contributed by atoms with Crippen LogP contribution in [0, 0.1) is 5.92 Å². The Morgan fingerprint density at radius 1 is 1.43 bits per heavy atom. The van der Waals surface area contributed by atoms with E-state index >= 15 is 0 Å². The molecule has 1 heterocycles. The second kappa shape index (κ2) is 9.73. The molecule has 0 aliphatic carbocycles. The van der Waals surface area contributed by atoms with Crippen LogP contribution in [0.5, 0.6) is 0 Å². The van der Waals surface area contributed by atoms with Crippen LogP contribution in [0.25, 0.3) is 0 Å². The standard InChI is InChI=1S/C15H28N2O4/c1-12(2)9-17-7-8-20-14(10-17)11-21-15(19)5-4-6-16-13(3)18/h12,14H,4-11H2,1-3H3,(H,16,18). The first-order chi connectivity index (χ1) is 9.97. The van der Waals surface area contributed by atoms with E-state index in [0.717, 1.165) is 19.6 Å². The van der Waals surface area contributed by atoms with Gasteiger partial charge < -0.3 is 14.8 Å². The molecule has 0 spiro atoms. The first-order valence-electron chi connectivity index (χ1n) is 7.71. The molecule has 21 heavy (non-hydrogen) atoms. The molecule has 0 aromatic heterocycles. The molecule has 6 nitrogen and oxygen atoms in total. The monoisotopic (exact) mass is 300 g/mol. The van der Waals surface area contributed by atoms with Crippen LogP contribution in [0.15, 0.2) is 0 Å². The maximum absolute atomic E-state index is 11.6. The average Bonchev–Trinajstić information content (AvgIpc) is 2.41. The van der Waals surface area contributed by atoms with Crippen molar-refractivity contribution in [2.45, 2.75) is 39.7 Å². The highest BCUT2D eigenvalue weighted by Gasteiger charge is 2.22. The molecule has 1 rings (SSSR count). The van der Waals surface area contributed by atoms with E-state index in [1.165, 1.54) is 6.92 Å². The second-order valence-corrected chi connectivity index (χ2v) is 5.92. The zero-order valence-corrected chi connectivity index (χ0v) is 13.4. The predicted molar refractivity (Wildman–Crippen MR) is 79.9 cm³/mol. The fourth-order valence-corrected chi connectivity index (χ4v) is 2.32. The summed E-state index contributed by atoms with van der Waals surface area (Å²) in [5.74, 6) is 0.314. The number of nitrogens with zero attached hydrogens (tertiary/aromatic N) is 1. The van der Waals surface area contributed by atoms with Gasteiger partial charge in [0.05, 0.1) is 6.61 Å². The van der Waals surface area contributed by atoms with Crippen molar-refractivity contribution in [1.29, 1.82) is 0 Å². The Kier molecular flexibility index (Phi) is 8.30. The molecule has 0 aromatic carbocycles. The molecule has 1 unspecified atom stereocenters. The fraction of sp³-hybridized carbons (Fsp3) is 0.867. The van der Waals surface area contributed by atoms with Gasteiger partial charge in [0, 0.05) is 39.5 Å². The van der Waals surface area contributed by atoms with E-state index in [1.54, 1.807) is 0 Å². The molecule has 0 bridgehead atoms. The summed E-state index contributed by atoms with van der Waals surface area (Å²) < 4.78 is 10.9. The molecule has 1 amide bonds. The van der Waals surface area contributed by atoms with Crippen molar-refractivity contribution in [3.8, 4) is 0 Å². The Labute approximate surface area is 127 Å². The number of hydrogen-bond donors (Lipinski definition) is 1. The number of carbonyl (C=O) groups is 2. The second-order valence-electron chi connectivity index (χ2n) is 5.92. The van der Waals surface area contributed by atoms with Crippen molar-refractivity contribution in [3.05, 3.63) is 0 Å². The third kappa shape index (κ3) is 8.67. The van der Waals surface area contributed by atoms with Gasteiger partial charge in [-0.1, -0.05) is 13.8 Å². The van der Waals surface area contributed by atoms with Crippen molar-refractivity contribution in [3.63, 3.8) is 0 Å². The molecule has 6 heteroatoms. The normalized spacial score (nSPS) is 19.5. The van der Waals surface area contributed by atoms with Gasteiger partial charge in [0.2, 0.25) is 5.91 Å². The van der Waals surface area contributed by atoms with E-state index in [4.69, 9.17) is 9.47 Å². The molecule has 0 saturated carbocycles. The van der Waals surface area contributed by atoms with Gasteiger partial charge in [-0.15, -0.1) is 0 Å². The summed E-state index contributed by atoms with van der Waals surface area (Å²) in [6.45, 7) is 10.2. The quantitative estimate of drug-likeness (QED) is 0.530. The highest BCUT2D eigenvalue weighted by atomic mass is 16.6. The van der Waals surface area contributed by atoms with Crippen molar-refractivity contribution < 1.29 is 19.1 Å². The molecule has 1 saturated heterocycles. The third-order valence-electron chi connectivity index (χ3n) is 3.21. The third-order valence-corrected chi connectivity index (χ3v) is 3.21. The minimum Gasteiger partial charge on any atom is -0.463 e. The lowest BCUT2D eigenvalue weighted by Crippen LogP contribution is -2.45. The molecule has 1 aliphatic heterocycles. The van der Waals surface area contributed by atoms with E-state index in [2.05, 4.69) is 24.1 Å². The lowest BCUT2D eigenvalue weighted by atomic mass is 10.2. The summed E-state index contributed by atoms with van der Waals surface area (Å²) in [6.07, 6.45) is 0.892. The SMILES string of the molecule is CC(=O)NCCCC(=O)OCC1CN(CC(C)C)CCO1. The Morgan fingerprint density at radius 2 is 2.19 bits per heavy atom. The van der Waals surface area contributed by atoms with Crippen molar-refractivity contribution in [2.75, 3.05) is 39.4 Å². The van der Waals surface area contributed by atoms with Crippen LogP contribution in [0.3, 0.4) is 0 Å². The maximum Gasteiger partial charge on any atom is 0.305 e. The van der Waals surface area contributed by atoms with Gasteiger partial charge in [-0.25, -0.2) is 0 Å². The Morgan fingerprint density at radius 3 is 2.86 bits per heavy atom. The van der Waals surface area contributed by atoms with Crippen molar-refractivity contribution in [1.82, 2.24) is 10.2 Å². The Hall–Kier alpha value is -1.14. The molecule has 1 fully saturated rings. The lowest BCUT2D eigenvalue weighted by Gasteiger charge is -2.33. The van der Waals surface area contributed by atoms with Crippen LogP contribution < -0.4 is 5.32 Å². The van der Waals surface area contributed by atoms with Crippen LogP contribution in [0.2, 0.25) is 0 Å². The Bertz CT molecular complexity index is 334. The molecule has 1 aliphatic rings. The summed E-state index contributed by atoms with van der Waals surface area (Å²) in [7, 11) is 0. The summed E-state index contributed by atoms with van der Waals surface area (Å²) in [5.41, 5.74) is 0. The highest BCUT2D eigenvalue weighted by molar-refractivity contribution is 5.73. The van der Waals surface area contributed by atoms with Gasteiger partial charge in [0.25, 0.3) is 0 Å². The molecular weight excluding hydrogens is 272 g/mol. The van der Waals surface area contributed by atoms with Gasteiger partial charge >= 0.3 is 5.97 Å². The average molecular weight is 300 g/mol. The van der Waals surface area contributed by atoms with Crippen molar-refractivity contribution in [2.24, 2.45) is 5.92 Å². The summed E-state index contributed by atoms with van der Waals surface area (Å²) in [6, 6.07) is 0. The number of nitrogens with one attached hydrogen (secondary N) is 1. The largest absolute Gasteiger partial charge is 0.463 e. The van der Waals surface area contributed by atoms with Crippen LogP contribution in [0.1, 0.15) is 33.6 Å². The lowest BCUT2D eigenvalue weighted by molar-refractivity contribution is -0.150. The Balaban J connectivity index is 2.13. The zero-order valence-electron chi connectivity index (χ0n) is 13.4. The van der Waals surface area contributed by atoms with Gasteiger partial charge in [-0.2, -0.15) is 0 Å². The number of rotatable bonds is 8. The molecular formula is C15H28N2O4. The smallest absolute Gasteiger partial charge is 0.305 e. The van der Waals surface area contributed by atoms with E-state index in [-0.39, 0.29) is 18.0 Å². The molecule has 0 aromatic rings. The van der Waals surface area contributed by atoms with Crippen molar-refractivity contribution >= 4 is 11.9 Å². The molecule has 1 atom stereocenters. The van der Waals surface area contributed by atoms with Crippen LogP contribution in [-0.2, 0) is 19.1 Å². The van der Waals surface area contributed by atoms with Crippen LogP contribution >= 0.6 is 0 Å². The summed E-state index contributed by atoms with van der Waals surface area (Å²) in [5, 5.41) is 2.65. The number of ether oxygens (including phenoxy) is 2. The minimum atomic E-state index is -0.232. The topological polar surface area (TPSA) is 67.9 Å². The highest BCUT2D eigenvalue weighted by Crippen LogP contribution is 2.08. The number of morpholine rings is 1. The zero-order chi connectivity index (χ0) is 15.7. The number of esters is 1. The van der Waals surface area contributed by atoms with E-state index < -0.39 is 0 Å². The van der Waals surface area contributed by atoms with Gasteiger partial charge in [0.15, 0.2) is 0 Å². The van der Waals surface area contributed by atoms with E-state index in [9.17, 15) is 9.59 Å². The van der Waals surface area contributed by atoms with E-state index in [0.29, 0.717) is 38.5 Å². The first-order valence-corrected chi connectivity index (χ1v) is 7.71. The maximum atomic E-state index is 11.6. The fourth-order valence-electron chi connectivity index (χ4n) is 2.32. The first kappa shape index (κ1) is 17.9. The van der Waals surface area contributed by atoms with Gasteiger partial charge in [-0.05, 0) is 12.3 Å². The number of amides is 1. The minimum absolute atomic E-state index is 0.0307.